The van der Waals surface area contributed by atoms with Crippen molar-refractivity contribution >= 4 is 63.1 Å². The molecule has 0 radical (unpaired) electrons. The molecule has 0 saturated carbocycles. The van der Waals surface area contributed by atoms with Gasteiger partial charge in [0.05, 0.1) is 0 Å². The molecule has 2 fully saturated rings. The largest absolute Gasteiger partial charge is 0.444 e. The molecule has 8 nitrogen and oxygen atoms in total. The highest BCUT2D eigenvalue weighted by Gasteiger charge is 2.22. The zero-order valence-corrected chi connectivity index (χ0v) is 29.3. The van der Waals surface area contributed by atoms with Crippen LogP contribution >= 0.6 is 45.3 Å². The smallest absolute Gasteiger partial charge is 0.407 e. The summed E-state index contributed by atoms with van der Waals surface area (Å²) in [6, 6.07) is 4.26. The highest BCUT2D eigenvalue weighted by atomic mass is 127. The summed E-state index contributed by atoms with van der Waals surface area (Å²) in [6.45, 7) is 17.0. The van der Waals surface area contributed by atoms with Gasteiger partial charge in [-0.1, -0.05) is 0 Å². The van der Waals surface area contributed by atoms with Gasteiger partial charge in [0.15, 0.2) is 0 Å². The van der Waals surface area contributed by atoms with Crippen LogP contribution in [0.25, 0.3) is 0 Å². The monoisotopic (exact) mass is 720 g/mol. The fourth-order valence-corrected chi connectivity index (χ4v) is 6.29. The lowest BCUT2D eigenvalue weighted by Crippen LogP contribution is -2.40. The average molecular weight is 721 g/mol. The number of amides is 2. The van der Waals surface area contributed by atoms with E-state index in [1.165, 1.54) is 9.26 Å². The molecule has 2 aromatic heterocycles. The summed E-state index contributed by atoms with van der Waals surface area (Å²) >= 11 is 5.76. The van der Waals surface area contributed by atoms with Gasteiger partial charge in [-0.3, -0.25) is 0 Å². The number of ether oxygens (including phenoxy) is 2. The summed E-state index contributed by atoms with van der Waals surface area (Å²) in [6.07, 6.45) is 3.89. The molecule has 2 amide bonds. The predicted molar refractivity (Wildman–Crippen MR) is 180 cm³/mol. The number of carbonyl (C=O) groups excluding carboxylic acids is 2. The highest BCUT2D eigenvalue weighted by Crippen LogP contribution is 2.24. The summed E-state index contributed by atoms with van der Waals surface area (Å²) in [5.41, 5.74) is 0.499. The quantitative estimate of drug-likeness (QED) is 0.280. The number of nitrogens with zero attached hydrogens (tertiary/aromatic N) is 1. The molecular formula is C30H49IN4O4S2. The molecule has 4 heterocycles. The lowest BCUT2D eigenvalue weighted by molar-refractivity contribution is 0.0505. The summed E-state index contributed by atoms with van der Waals surface area (Å²) < 4.78 is 11.7. The van der Waals surface area contributed by atoms with Crippen LogP contribution in [0.1, 0.15) is 67.2 Å². The van der Waals surface area contributed by atoms with E-state index in [1.54, 1.807) is 22.7 Å². The van der Waals surface area contributed by atoms with Crippen LogP contribution in [-0.2, 0) is 9.47 Å². The van der Waals surface area contributed by atoms with Gasteiger partial charge >= 0.3 is 12.2 Å². The molecule has 232 valence electrons. The Hall–Kier alpha value is -1.57. The van der Waals surface area contributed by atoms with Crippen LogP contribution in [0.5, 0.6) is 0 Å². The number of piperidine rings is 2. The lowest BCUT2D eigenvalue weighted by atomic mass is 9.96. The molecule has 0 bridgehead atoms. The van der Waals surface area contributed by atoms with Crippen molar-refractivity contribution in [3.05, 3.63) is 37.2 Å². The van der Waals surface area contributed by atoms with Crippen LogP contribution in [0.15, 0.2) is 33.7 Å². The first-order chi connectivity index (χ1) is 19.3. The number of nitrogens with one attached hydrogen (secondary N) is 3. The standard InChI is InChI=1S/C15H24N2O2S.C11H22N2O2.C4H3IS/c1-15(2,3)19-14(18)16-10-12-4-7-17(8-5-12)13-6-9-20-11-13;1-11(2,3)15-10(14)13-8-9-4-6-12-7-5-9;5-4-1-2-6-3-4/h6,9,11-12H,4-5,7-8,10H2,1-3H3,(H,16,18);9,12H,4-8H2,1-3H3,(H,13,14);1-3H. The fraction of sp³-hybridized carbons (Fsp3) is 0.667. The number of alkyl carbamates (subject to hydrolysis) is 2. The Bertz CT molecular complexity index is 977. The van der Waals surface area contributed by atoms with E-state index < -0.39 is 11.2 Å². The third-order valence-corrected chi connectivity index (χ3v) is 8.75. The van der Waals surface area contributed by atoms with Crippen molar-refractivity contribution in [2.75, 3.05) is 44.2 Å². The van der Waals surface area contributed by atoms with Gasteiger partial charge in [-0.2, -0.15) is 22.7 Å². The van der Waals surface area contributed by atoms with E-state index >= 15 is 0 Å². The van der Waals surface area contributed by atoms with E-state index in [4.69, 9.17) is 9.47 Å². The van der Waals surface area contributed by atoms with Crippen molar-refractivity contribution in [1.29, 1.82) is 0 Å². The summed E-state index contributed by atoms with van der Waals surface area (Å²) in [4.78, 5) is 25.4. The van der Waals surface area contributed by atoms with Gasteiger partial charge in [0, 0.05) is 46.2 Å². The summed E-state index contributed by atoms with van der Waals surface area (Å²) in [5, 5.41) is 17.5. The number of anilines is 1. The van der Waals surface area contributed by atoms with Crippen molar-refractivity contribution in [3.8, 4) is 0 Å². The molecule has 0 unspecified atom stereocenters. The molecule has 3 N–H and O–H groups in total. The Morgan fingerprint density at radius 3 is 1.73 bits per heavy atom. The molecule has 0 aliphatic carbocycles. The molecule has 0 spiro atoms. The summed E-state index contributed by atoms with van der Waals surface area (Å²) in [5.74, 6) is 1.15. The van der Waals surface area contributed by atoms with E-state index in [2.05, 4.69) is 77.1 Å². The zero-order valence-electron chi connectivity index (χ0n) is 25.5. The normalized spacial score (nSPS) is 16.4. The minimum atomic E-state index is -0.424. The van der Waals surface area contributed by atoms with Crippen LogP contribution in [0.3, 0.4) is 0 Å². The fourth-order valence-electron chi connectivity index (χ4n) is 4.25. The van der Waals surface area contributed by atoms with Crippen LogP contribution in [-0.4, -0.2) is 62.7 Å². The molecular weight excluding hydrogens is 671 g/mol. The molecule has 0 atom stereocenters. The van der Waals surface area contributed by atoms with E-state index in [-0.39, 0.29) is 12.2 Å². The molecule has 2 aliphatic rings. The van der Waals surface area contributed by atoms with E-state index in [0.717, 1.165) is 58.4 Å². The number of rotatable bonds is 5. The third-order valence-electron chi connectivity index (χ3n) is 6.30. The van der Waals surface area contributed by atoms with Crippen LogP contribution in [0.2, 0.25) is 0 Å². The Morgan fingerprint density at radius 2 is 1.34 bits per heavy atom. The molecule has 2 aromatic rings. The Morgan fingerprint density at radius 1 is 0.854 bits per heavy atom. The number of halogens is 1. The number of hydrogen-bond acceptors (Lipinski definition) is 8. The van der Waals surface area contributed by atoms with Gasteiger partial charge in [-0.25, -0.2) is 9.59 Å². The Kier molecular flexibility index (Phi) is 15.8. The van der Waals surface area contributed by atoms with Crippen molar-refractivity contribution in [1.82, 2.24) is 16.0 Å². The van der Waals surface area contributed by atoms with Crippen LogP contribution in [0, 0.1) is 15.4 Å². The second-order valence-electron chi connectivity index (χ2n) is 12.3. The number of carbonyl (C=O) groups is 2. The maximum atomic E-state index is 11.6. The molecule has 0 aromatic carbocycles. The lowest BCUT2D eigenvalue weighted by Gasteiger charge is -2.33. The van der Waals surface area contributed by atoms with E-state index in [1.807, 2.05) is 41.5 Å². The molecule has 2 saturated heterocycles. The maximum Gasteiger partial charge on any atom is 0.407 e. The van der Waals surface area contributed by atoms with E-state index in [0.29, 0.717) is 18.4 Å². The van der Waals surface area contributed by atoms with Gasteiger partial charge in [0.25, 0.3) is 0 Å². The minimum Gasteiger partial charge on any atom is -0.444 e. The van der Waals surface area contributed by atoms with Gasteiger partial charge in [0.1, 0.15) is 11.2 Å². The number of hydrogen-bond donors (Lipinski definition) is 3. The van der Waals surface area contributed by atoms with Crippen molar-refractivity contribution < 1.29 is 19.1 Å². The maximum absolute atomic E-state index is 11.6. The topological polar surface area (TPSA) is 91.9 Å². The van der Waals surface area contributed by atoms with Gasteiger partial charge < -0.3 is 30.3 Å². The zero-order chi connectivity index (χ0) is 30.3. The molecule has 2 aliphatic heterocycles. The Balaban J connectivity index is 0.000000245. The van der Waals surface area contributed by atoms with Gasteiger partial charge in [0.2, 0.25) is 0 Å². The van der Waals surface area contributed by atoms with Gasteiger partial charge in [-0.05, 0) is 138 Å². The highest BCUT2D eigenvalue weighted by molar-refractivity contribution is 14.1. The molecule has 4 rings (SSSR count). The third kappa shape index (κ3) is 17.2. The summed E-state index contributed by atoms with van der Waals surface area (Å²) in [7, 11) is 0. The van der Waals surface area contributed by atoms with E-state index in [9.17, 15) is 9.59 Å². The Labute approximate surface area is 268 Å². The second-order valence-corrected chi connectivity index (χ2v) is 15.1. The molecule has 11 heteroatoms. The van der Waals surface area contributed by atoms with Crippen molar-refractivity contribution in [2.24, 2.45) is 11.8 Å². The van der Waals surface area contributed by atoms with Crippen molar-refractivity contribution in [3.63, 3.8) is 0 Å². The van der Waals surface area contributed by atoms with Crippen LogP contribution in [0.4, 0.5) is 15.3 Å². The SMILES string of the molecule is CC(C)(C)OC(=O)NCC1CCN(c2ccsc2)CC1.CC(C)(C)OC(=O)NCC1CCNCC1.Ic1ccsc1. The minimum absolute atomic E-state index is 0.305. The first-order valence-corrected chi connectivity index (χ1v) is 17.4. The first kappa shape index (κ1) is 35.6. The van der Waals surface area contributed by atoms with Crippen molar-refractivity contribution in [2.45, 2.75) is 78.4 Å². The van der Waals surface area contributed by atoms with Gasteiger partial charge in [-0.15, -0.1) is 0 Å². The van der Waals surface area contributed by atoms with Crippen LogP contribution < -0.4 is 20.9 Å². The molecule has 41 heavy (non-hydrogen) atoms. The number of thiophene rings is 2. The predicted octanol–water partition coefficient (Wildman–Crippen LogP) is 7.35. The average Bonchev–Trinajstić information content (AvgIpc) is 3.61. The first-order valence-electron chi connectivity index (χ1n) is 14.4. The second kappa shape index (κ2) is 18.2.